The number of hydrogen-bond donors (Lipinski definition) is 1. The number of rotatable bonds is 6. The molecule has 0 bridgehead atoms. The molecule has 0 radical (unpaired) electrons. The second kappa shape index (κ2) is 8.99. The Morgan fingerprint density at radius 1 is 1.26 bits per heavy atom. The van der Waals surface area contributed by atoms with Crippen LogP contribution in [0.1, 0.15) is 22.3 Å². The molecule has 0 spiro atoms. The largest absolute Gasteiger partial charge is 0.493 e. The van der Waals surface area contributed by atoms with Gasteiger partial charge in [0, 0.05) is 24.6 Å². The maximum atomic E-state index is 13.6. The lowest BCUT2D eigenvalue weighted by Gasteiger charge is -2.34. The first-order chi connectivity index (χ1) is 17.0. The summed E-state index contributed by atoms with van der Waals surface area (Å²) in [5.41, 5.74) is 3.66. The van der Waals surface area contributed by atoms with Crippen molar-refractivity contribution >= 4 is 23.1 Å². The molecule has 0 unspecified atom stereocenters. The Bertz CT molecular complexity index is 1460. The number of carboxylic acids is 1. The van der Waals surface area contributed by atoms with Crippen LogP contribution < -0.4 is 14.4 Å². The number of oxazole rings is 1. The van der Waals surface area contributed by atoms with Crippen LogP contribution in [0.25, 0.3) is 11.1 Å². The van der Waals surface area contributed by atoms with Gasteiger partial charge in [0.2, 0.25) is 0 Å². The van der Waals surface area contributed by atoms with Crippen molar-refractivity contribution in [1.29, 1.82) is 5.26 Å². The lowest BCUT2D eigenvalue weighted by Crippen LogP contribution is -2.46. The summed E-state index contributed by atoms with van der Waals surface area (Å²) in [6, 6.07) is 15.9. The second-order valence-electron chi connectivity index (χ2n) is 8.13. The van der Waals surface area contributed by atoms with Crippen molar-refractivity contribution in [3.05, 3.63) is 82.7 Å². The number of anilines is 1. The predicted octanol–water partition coefficient (Wildman–Crippen LogP) is 4.44. The number of fused-ring (bicyclic) bond motifs is 2. The van der Waals surface area contributed by atoms with E-state index in [0.717, 1.165) is 16.7 Å². The number of halogens is 1. The third kappa shape index (κ3) is 4.22. The third-order valence-electron chi connectivity index (χ3n) is 5.99. The van der Waals surface area contributed by atoms with Crippen molar-refractivity contribution in [3.8, 4) is 17.6 Å². The van der Waals surface area contributed by atoms with E-state index in [1.807, 2.05) is 6.07 Å². The van der Waals surface area contributed by atoms with Gasteiger partial charge in [0.05, 0.1) is 18.7 Å². The number of hydrogen-bond acceptors (Lipinski definition) is 7. The van der Waals surface area contributed by atoms with Crippen LogP contribution in [-0.4, -0.2) is 29.2 Å². The molecule has 176 valence electrons. The number of nitriles is 1. The molecule has 1 aromatic heterocycles. The predicted molar refractivity (Wildman–Crippen MR) is 124 cm³/mol. The molecule has 0 saturated carbocycles. The Balaban J connectivity index is 1.49. The minimum absolute atomic E-state index is 0.111. The number of carbonyl (C=O) groups is 1. The first-order valence-corrected chi connectivity index (χ1v) is 10.8. The van der Waals surface area contributed by atoms with Crippen LogP contribution >= 0.6 is 0 Å². The summed E-state index contributed by atoms with van der Waals surface area (Å²) in [6.45, 7) is 0.426. The van der Waals surface area contributed by atoms with E-state index in [4.69, 9.17) is 19.2 Å². The quantitative estimate of drug-likeness (QED) is 0.438. The van der Waals surface area contributed by atoms with Crippen molar-refractivity contribution in [2.75, 3.05) is 12.0 Å². The first-order valence-electron chi connectivity index (χ1n) is 10.8. The normalized spacial score (nSPS) is 14.9. The average molecular weight is 473 g/mol. The minimum atomic E-state index is -1.05. The Hall–Kier alpha value is -4.58. The highest BCUT2D eigenvalue weighted by Gasteiger charge is 2.36. The van der Waals surface area contributed by atoms with Crippen LogP contribution in [0.5, 0.6) is 11.5 Å². The zero-order chi connectivity index (χ0) is 24.5. The SMILES string of the molecule is COc1ccc2c(c1OCc1ccc(C#N)cc1)C[C@@H](C(=O)O)N(c1nc3ccc(F)cc3o1)C2. The number of benzene rings is 3. The van der Waals surface area contributed by atoms with E-state index in [-0.39, 0.29) is 31.2 Å². The van der Waals surface area contributed by atoms with Gasteiger partial charge in [-0.15, -0.1) is 0 Å². The van der Waals surface area contributed by atoms with E-state index in [1.54, 1.807) is 35.2 Å². The average Bonchev–Trinajstić information content (AvgIpc) is 3.29. The summed E-state index contributed by atoms with van der Waals surface area (Å²) in [7, 11) is 1.53. The van der Waals surface area contributed by atoms with Crippen molar-refractivity contribution in [1.82, 2.24) is 4.98 Å². The summed E-state index contributed by atoms with van der Waals surface area (Å²) >= 11 is 0. The highest BCUT2D eigenvalue weighted by atomic mass is 19.1. The maximum Gasteiger partial charge on any atom is 0.326 e. The topological polar surface area (TPSA) is 109 Å². The monoisotopic (exact) mass is 473 g/mol. The molecule has 1 aliphatic rings. The zero-order valence-electron chi connectivity index (χ0n) is 18.7. The fourth-order valence-electron chi connectivity index (χ4n) is 4.20. The molecule has 3 aromatic carbocycles. The van der Waals surface area contributed by atoms with Crippen LogP contribution in [0, 0.1) is 17.1 Å². The van der Waals surface area contributed by atoms with Crippen molar-refractivity contribution in [2.24, 2.45) is 0 Å². The van der Waals surface area contributed by atoms with E-state index >= 15 is 0 Å². The molecular weight excluding hydrogens is 453 g/mol. The molecule has 8 nitrogen and oxygen atoms in total. The van der Waals surface area contributed by atoms with E-state index in [1.165, 1.54) is 25.3 Å². The third-order valence-corrected chi connectivity index (χ3v) is 5.99. The van der Waals surface area contributed by atoms with Gasteiger partial charge in [0.25, 0.3) is 6.01 Å². The van der Waals surface area contributed by atoms with Crippen LogP contribution in [0.15, 0.2) is 59.0 Å². The van der Waals surface area contributed by atoms with Gasteiger partial charge in [-0.2, -0.15) is 10.2 Å². The van der Waals surface area contributed by atoms with Crippen LogP contribution in [0.3, 0.4) is 0 Å². The van der Waals surface area contributed by atoms with E-state index in [2.05, 4.69) is 11.1 Å². The minimum Gasteiger partial charge on any atom is -0.493 e. The molecule has 1 N–H and O–H groups in total. The highest BCUT2D eigenvalue weighted by Crippen LogP contribution is 2.40. The van der Waals surface area contributed by atoms with E-state index in [0.29, 0.717) is 22.6 Å². The molecular formula is C26H20FN3O5. The van der Waals surface area contributed by atoms with Gasteiger partial charge < -0.3 is 23.9 Å². The molecule has 1 atom stereocenters. The lowest BCUT2D eigenvalue weighted by molar-refractivity contribution is -0.138. The molecule has 2 heterocycles. The van der Waals surface area contributed by atoms with Gasteiger partial charge in [-0.05, 0) is 41.5 Å². The number of carboxylic acid groups (broad SMARTS) is 1. The van der Waals surface area contributed by atoms with Gasteiger partial charge in [0.15, 0.2) is 17.1 Å². The van der Waals surface area contributed by atoms with Crippen molar-refractivity contribution in [2.45, 2.75) is 25.6 Å². The Morgan fingerprint density at radius 2 is 2.06 bits per heavy atom. The summed E-state index contributed by atoms with van der Waals surface area (Å²) in [6.07, 6.45) is 0.123. The Kier molecular flexibility index (Phi) is 5.71. The van der Waals surface area contributed by atoms with Crippen LogP contribution in [-0.2, 0) is 24.4 Å². The summed E-state index contributed by atoms with van der Waals surface area (Å²) in [4.78, 5) is 18.2. The molecule has 9 heteroatoms. The van der Waals surface area contributed by atoms with E-state index < -0.39 is 17.8 Å². The molecule has 0 saturated heterocycles. The highest BCUT2D eigenvalue weighted by molar-refractivity contribution is 5.81. The summed E-state index contributed by atoms with van der Waals surface area (Å²) in [5.74, 6) is -0.549. The van der Waals surface area contributed by atoms with Gasteiger partial charge in [-0.3, -0.25) is 0 Å². The Labute approximate surface area is 199 Å². The second-order valence-corrected chi connectivity index (χ2v) is 8.13. The molecule has 4 aromatic rings. The molecule has 1 aliphatic heterocycles. The van der Waals surface area contributed by atoms with Gasteiger partial charge in [-0.1, -0.05) is 18.2 Å². The number of aromatic nitrogens is 1. The number of aliphatic carboxylic acids is 1. The Morgan fingerprint density at radius 3 is 2.77 bits per heavy atom. The fraction of sp³-hybridized carbons (Fsp3) is 0.192. The molecule has 0 amide bonds. The van der Waals surface area contributed by atoms with Gasteiger partial charge in [-0.25, -0.2) is 9.18 Å². The van der Waals surface area contributed by atoms with Gasteiger partial charge in [0.1, 0.15) is 24.0 Å². The zero-order valence-corrected chi connectivity index (χ0v) is 18.7. The number of ether oxygens (including phenoxy) is 2. The van der Waals surface area contributed by atoms with E-state index in [9.17, 15) is 14.3 Å². The van der Waals surface area contributed by atoms with Gasteiger partial charge >= 0.3 is 5.97 Å². The number of methoxy groups -OCH3 is 1. The first kappa shape index (κ1) is 22.2. The molecule has 35 heavy (non-hydrogen) atoms. The molecule has 0 fully saturated rings. The van der Waals surface area contributed by atoms with Crippen molar-refractivity contribution < 1.29 is 28.2 Å². The smallest absolute Gasteiger partial charge is 0.326 e. The van der Waals surface area contributed by atoms with Crippen LogP contribution in [0.4, 0.5) is 10.4 Å². The lowest BCUT2D eigenvalue weighted by atomic mass is 9.93. The number of nitrogens with zero attached hydrogens (tertiary/aromatic N) is 3. The summed E-state index contributed by atoms with van der Waals surface area (Å²) < 4.78 is 30.9. The maximum absolute atomic E-state index is 13.6. The fourth-order valence-corrected chi connectivity index (χ4v) is 4.20. The molecule has 5 rings (SSSR count). The standard InChI is InChI=1S/C26H20FN3O5/c1-33-22-9-6-17-13-30(26-29-20-8-7-18(27)10-23(20)35-26)21(25(31)32)11-19(17)24(22)34-14-16-4-2-15(12-28)3-5-16/h2-10,21H,11,13-14H2,1H3,(H,31,32)/t21-/m0/s1. The molecule has 0 aliphatic carbocycles. The summed E-state index contributed by atoms with van der Waals surface area (Å²) in [5, 5.41) is 19.0. The van der Waals surface area contributed by atoms with Crippen molar-refractivity contribution in [3.63, 3.8) is 0 Å². The van der Waals surface area contributed by atoms with Crippen LogP contribution in [0.2, 0.25) is 0 Å².